The van der Waals surface area contributed by atoms with E-state index in [9.17, 15) is 9.18 Å². The van der Waals surface area contributed by atoms with E-state index in [1.54, 1.807) is 12.1 Å². The number of anilines is 1. The van der Waals surface area contributed by atoms with Crippen LogP contribution in [0.1, 0.15) is 25.1 Å². The Labute approximate surface area is 202 Å². The number of piperidine rings is 1. The van der Waals surface area contributed by atoms with Gasteiger partial charge >= 0.3 is 0 Å². The van der Waals surface area contributed by atoms with Gasteiger partial charge in [0.15, 0.2) is 0 Å². The Morgan fingerprint density at radius 3 is 2.62 bits per heavy atom. The smallest absolute Gasteiger partial charge is 0.268 e. The monoisotopic (exact) mass is 477 g/mol. The van der Waals surface area contributed by atoms with E-state index in [2.05, 4.69) is 38.9 Å². The minimum atomic E-state index is -0.273. The fourth-order valence-electron chi connectivity index (χ4n) is 4.59. The van der Waals surface area contributed by atoms with Crippen LogP contribution in [0.25, 0.3) is 20.7 Å². The highest BCUT2D eigenvalue weighted by molar-refractivity contribution is 7.22. The van der Waals surface area contributed by atoms with Crippen molar-refractivity contribution in [2.75, 3.05) is 31.6 Å². The van der Waals surface area contributed by atoms with Crippen LogP contribution in [0, 0.1) is 11.7 Å². The molecular weight excluding hydrogens is 449 g/mol. The Morgan fingerprint density at radius 2 is 1.88 bits per heavy atom. The van der Waals surface area contributed by atoms with Gasteiger partial charge in [-0.25, -0.2) is 9.37 Å². The molecule has 176 valence electrons. The fourth-order valence-corrected chi connectivity index (χ4v) is 5.59. The molecule has 1 aliphatic heterocycles. The average Bonchev–Trinajstić information content (AvgIpc) is 3.29. The maximum atomic E-state index is 13.2. The van der Waals surface area contributed by atoms with Crippen molar-refractivity contribution in [3.63, 3.8) is 0 Å². The van der Waals surface area contributed by atoms with E-state index in [0.29, 0.717) is 28.5 Å². The first-order valence-electron chi connectivity index (χ1n) is 11.7. The molecule has 0 spiro atoms. The van der Waals surface area contributed by atoms with Gasteiger partial charge in [0.05, 0.1) is 12.1 Å². The number of rotatable bonds is 7. The quantitative estimate of drug-likeness (QED) is 0.409. The molecule has 1 N–H and O–H groups in total. The zero-order chi connectivity index (χ0) is 23.5. The number of benzene rings is 1. The molecule has 1 aromatic carbocycles. The third kappa shape index (κ3) is 5.18. The van der Waals surface area contributed by atoms with Gasteiger partial charge in [-0.2, -0.15) is 0 Å². The summed E-state index contributed by atoms with van der Waals surface area (Å²) >= 11 is 1.39. The second kappa shape index (κ2) is 10.0. The zero-order valence-corrected chi connectivity index (χ0v) is 20.0. The van der Waals surface area contributed by atoms with Gasteiger partial charge in [-0.15, -0.1) is 11.3 Å². The second-order valence-corrected chi connectivity index (χ2v) is 10.1. The Kier molecular flexibility index (Phi) is 6.69. The molecule has 8 heteroatoms. The standard InChI is InChI=1S/C26H28FN5OS/c1-31(13-8-18-9-14-32(15-10-18)21-6-11-28-12-7-21)17-24-29-22-16-23(34-25(22)26(33)30-24)19-2-4-20(27)5-3-19/h2-7,11-12,16,18H,8-10,13-15,17H2,1H3,(H,29,30,33). The lowest BCUT2D eigenvalue weighted by molar-refractivity contribution is 0.268. The normalized spacial score (nSPS) is 14.9. The van der Waals surface area contributed by atoms with Crippen LogP contribution in [0.15, 0.2) is 59.7 Å². The number of nitrogens with one attached hydrogen (secondary N) is 1. The van der Waals surface area contributed by atoms with Crippen molar-refractivity contribution >= 4 is 27.2 Å². The number of pyridine rings is 1. The zero-order valence-electron chi connectivity index (χ0n) is 19.2. The summed E-state index contributed by atoms with van der Waals surface area (Å²) in [5, 5.41) is 0. The lowest BCUT2D eigenvalue weighted by Gasteiger charge is -2.34. The fraction of sp³-hybridized carbons (Fsp3) is 0.346. The van der Waals surface area contributed by atoms with Gasteiger partial charge in [-0.3, -0.25) is 14.7 Å². The van der Waals surface area contributed by atoms with Crippen molar-refractivity contribution < 1.29 is 4.39 Å². The molecule has 1 fully saturated rings. The molecule has 0 unspecified atom stereocenters. The van der Waals surface area contributed by atoms with Gasteiger partial charge < -0.3 is 9.88 Å². The predicted octanol–water partition coefficient (Wildman–Crippen LogP) is 4.92. The number of aromatic nitrogens is 3. The van der Waals surface area contributed by atoms with Crippen LogP contribution in [0.5, 0.6) is 0 Å². The molecule has 34 heavy (non-hydrogen) atoms. The van der Waals surface area contributed by atoms with E-state index in [1.807, 2.05) is 18.5 Å². The van der Waals surface area contributed by atoms with E-state index in [4.69, 9.17) is 4.98 Å². The maximum Gasteiger partial charge on any atom is 0.268 e. The first-order valence-corrected chi connectivity index (χ1v) is 12.5. The van der Waals surface area contributed by atoms with Crippen LogP contribution in [-0.2, 0) is 6.54 Å². The number of fused-ring (bicyclic) bond motifs is 1. The molecule has 1 aliphatic rings. The Bertz CT molecular complexity index is 1300. The number of halogens is 1. The summed E-state index contributed by atoms with van der Waals surface area (Å²) in [4.78, 5) is 30.0. The van der Waals surface area contributed by atoms with Crippen LogP contribution >= 0.6 is 11.3 Å². The maximum absolute atomic E-state index is 13.2. The largest absolute Gasteiger partial charge is 0.371 e. The first-order chi connectivity index (χ1) is 16.5. The van der Waals surface area contributed by atoms with Gasteiger partial charge in [0, 0.05) is 36.0 Å². The Morgan fingerprint density at radius 1 is 1.15 bits per heavy atom. The van der Waals surface area contributed by atoms with Crippen molar-refractivity contribution in [3.05, 3.63) is 76.9 Å². The average molecular weight is 478 g/mol. The highest BCUT2D eigenvalue weighted by Gasteiger charge is 2.20. The van der Waals surface area contributed by atoms with Crippen LogP contribution in [0.2, 0.25) is 0 Å². The number of aromatic amines is 1. The summed E-state index contributed by atoms with van der Waals surface area (Å²) in [6.45, 7) is 3.73. The van der Waals surface area contributed by atoms with Crippen molar-refractivity contribution in [2.45, 2.75) is 25.8 Å². The molecular formula is C26H28FN5OS. The Balaban J connectivity index is 1.17. The third-order valence-corrected chi connectivity index (χ3v) is 7.71. The molecule has 6 nitrogen and oxygen atoms in total. The van der Waals surface area contributed by atoms with Crippen LogP contribution in [0.3, 0.4) is 0 Å². The van der Waals surface area contributed by atoms with Crippen molar-refractivity contribution in [1.82, 2.24) is 19.9 Å². The van der Waals surface area contributed by atoms with Crippen molar-refractivity contribution in [3.8, 4) is 10.4 Å². The SMILES string of the molecule is CN(CCC1CCN(c2ccncc2)CC1)Cc1nc2cc(-c3ccc(F)cc3)sc2c(=O)[nH]1. The predicted molar refractivity (Wildman–Crippen MR) is 136 cm³/mol. The molecule has 5 rings (SSSR count). The van der Waals surface area contributed by atoms with Gasteiger partial charge in [-0.1, -0.05) is 12.1 Å². The third-order valence-electron chi connectivity index (χ3n) is 6.54. The van der Waals surface area contributed by atoms with E-state index in [1.165, 1.54) is 42.0 Å². The van der Waals surface area contributed by atoms with E-state index < -0.39 is 0 Å². The summed E-state index contributed by atoms with van der Waals surface area (Å²) in [7, 11) is 2.08. The number of nitrogens with zero attached hydrogens (tertiary/aromatic N) is 4. The number of thiophene rings is 1. The van der Waals surface area contributed by atoms with Gasteiger partial charge in [0.2, 0.25) is 0 Å². The summed E-state index contributed by atoms with van der Waals surface area (Å²) < 4.78 is 13.8. The van der Waals surface area contributed by atoms with Crippen LogP contribution in [0.4, 0.5) is 10.1 Å². The van der Waals surface area contributed by atoms with E-state index in [0.717, 1.165) is 36.5 Å². The molecule has 0 amide bonds. The molecule has 1 saturated heterocycles. The molecule has 4 heterocycles. The molecule has 0 saturated carbocycles. The molecule has 3 aromatic heterocycles. The second-order valence-electron chi connectivity index (χ2n) is 9.01. The van der Waals surface area contributed by atoms with E-state index in [-0.39, 0.29) is 11.4 Å². The molecule has 0 atom stereocenters. The summed E-state index contributed by atoms with van der Waals surface area (Å²) in [5.41, 5.74) is 2.72. The highest BCUT2D eigenvalue weighted by atomic mass is 32.1. The van der Waals surface area contributed by atoms with Crippen molar-refractivity contribution in [2.24, 2.45) is 5.92 Å². The molecule has 4 aromatic rings. The number of hydrogen-bond acceptors (Lipinski definition) is 6. The highest BCUT2D eigenvalue weighted by Crippen LogP contribution is 2.31. The minimum absolute atomic E-state index is 0.116. The van der Waals surface area contributed by atoms with Gasteiger partial charge in [-0.05, 0) is 74.7 Å². The Hall–Kier alpha value is -3.10. The molecule has 0 radical (unpaired) electrons. The van der Waals surface area contributed by atoms with Gasteiger partial charge in [0.1, 0.15) is 16.3 Å². The minimum Gasteiger partial charge on any atom is -0.371 e. The summed E-state index contributed by atoms with van der Waals surface area (Å²) in [6.07, 6.45) is 7.23. The van der Waals surface area contributed by atoms with Crippen molar-refractivity contribution in [1.29, 1.82) is 0 Å². The van der Waals surface area contributed by atoms with Crippen LogP contribution in [-0.4, -0.2) is 46.5 Å². The summed E-state index contributed by atoms with van der Waals surface area (Å²) in [6, 6.07) is 12.4. The summed E-state index contributed by atoms with van der Waals surface area (Å²) in [5.74, 6) is 1.12. The molecule has 0 bridgehead atoms. The number of hydrogen-bond donors (Lipinski definition) is 1. The van der Waals surface area contributed by atoms with Gasteiger partial charge in [0.25, 0.3) is 5.56 Å². The molecule has 0 aliphatic carbocycles. The first kappa shape index (κ1) is 22.7. The lowest BCUT2D eigenvalue weighted by Crippen LogP contribution is -2.34. The van der Waals surface area contributed by atoms with E-state index >= 15 is 0 Å². The van der Waals surface area contributed by atoms with Crippen LogP contribution < -0.4 is 10.5 Å². The lowest BCUT2D eigenvalue weighted by atomic mass is 9.93. The topological polar surface area (TPSA) is 65.1 Å². The number of H-pyrrole nitrogens is 1.